The van der Waals surface area contributed by atoms with Gasteiger partial charge in [-0.15, -0.1) is 0 Å². The monoisotopic (exact) mass is 340 g/mol. The van der Waals surface area contributed by atoms with Crippen molar-refractivity contribution in [2.75, 3.05) is 14.1 Å². The maximum atomic E-state index is 12.2. The smallest absolute Gasteiger partial charge is 0.242 e. The highest BCUT2D eigenvalue weighted by Gasteiger charge is 2.18. The molecule has 0 heterocycles. The molecule has 0 fully saturated rings. The first kappa shape index (κ1) is 17.6. The van der Waals surface area contributed by atoms with Gasteiger partial charge in [0.05, 0.1) is 16.5 Å². The first-order chi connectivity index (χ1) is 11.3. The van der Waals surface area contributed by atoms with Crippen molar-refractivity contribution >= 4 is 21.9 Å². The van der Waals surface area contributed by atoms with Crippen molar-refractivity contribution in [1.29, 1.82) is 5.26 Å². The Labute approximate surface area is 141 Å². The van der Waals surface area contributed by atoms with Gasteiger partial charge in [-0.3, -0.25) is 4.79 Å². The molecule has 0 aliphatic rings. The summed E-state index contributed by atoms with van der Waals surface area (Å²) in [6, 6.07) is 14.7. The third kappa shape index (κ3) is 3.96. The summed E-state index contributed by atoms with van der Waals surface area (Å²) in [4.78, 5) is 12.3. The van der Waals surface area contributed by atoms with Crippen LogP contribution in [0.15, 0.2) is 59.5 Å². The van der Waals surface area contributed by atoms with Crippen molar-refractivity contribution in [3.05, 3.63) is 71.3 Å². The van der Waals surface area contributed by atoms with E-state index >= 15 is 0 Å². The second-order valence-electron chi connectivity index (χ2n) is 5.25. The number of carbonyl (C=O) groups is 1. The highest BCUT2D eigenvalue weighted by molar-refractivity contribution is 7.89. The predicted molar refractivity (Wildman–Crippen MR) is 91.8 cm³/mol. The van der Waals surface area contributed by atoms with E-state index in [0.717, 1.165) is 9.87 Å². The SMILES string of the molecule is CN(C)S(=O)(=O)c1cccc(C(=O)/C=C/c2ccc(C#N)cc2)c1. The number of benzene rings is 2. The van der Waals surface area contributed by atoms with E-state index in [9.17, 15) is 13.2 Å². The number of nitriles is 1. The van der Waals surface area contributed by atoms with Crippen LogP contribution in [0.3, 0.4) is 0 Å². The molecule has 5 nitrogen and oxygen atoms in total. The average molecular weight is 340 g/mol. The number of allylic oxidation sites excluding steroid dienone is 1. The lowest BCUT2D eigenvalue weighted by Crippen LogP contribution is -2.22. The lowest BCUT2D eigenvalue weighted by Gasteiger charge is -2.11. The summed E-state index contributed by atoms with van der Waals surface area (Å²) in [5.41, 5.74) is 1.61. The van der Waals surface area contributed by atoms with Crippen LogP contribution in [0.1, 0.15) is 21.5 Å². The molecular formula is C18H16N2O3S. The lowest BCUT2D eigenvalue weighted by molar-refractivity contribution is 0.104. The van der Waals surface area contributed by atoms with Gasteiger partial charge in [-0.05, 0) is 35.9 Å². The van der Waals surface area contributed by atoms with Gasteiger partial charge >= 0.3 is 0 Å². The highest BCUT2D eigenvalue weighted by Crippen LogP contribution is 2.16. The molecule has 0 aliphatic heterocycles. The Balaban J connectivity index is 2.24. The summed E-state index contributed by atoms with van der Waals surface area (Å²) in [7, 11) is -0.703. The zero-order valence-electron chi connectivity index (χ0n) is 13.3. The number of sulfonamides is 1. The maximum Gasteiger partial charge on any atom is 0.242 e. The van der Waals surface area contributed by atoms with Crippen LogP contribution >= 0.6 is 0 Å². The van der Waals surface area contributed by atoms with Gasteiger partial charge in [-0.2, -0.15) is 5.26 Å². The molecule has 24 heavy (non-hydrogen) atoms. The fourth-order valence-electron chi connectivity index (χ4n) is 1.96. The zero-order valence-corrected chi connectivity index (χ0v) is 14.1. The van der Waals surface area contributed by atoms with Crippen LogP contribution in [0.25, 0.3) is 6.08 Å². The third-order valence-electron chi connectivity index (χ3n) is 3.36. The number of carbonyl (C=O) groups excluding carboxylic acids is 1. The third-order valence-corrected chi connectivity index (χ3v) is 5.18. The van der Waals surface area contributed by atoms with Crippen LogP contribution in [0.2, 0.25) is 0 Å². The predicted octanol–water partition coefficient (Wildman–Crippen LogP) is 2.70. The lowest BCUT2D eigenvalue weighted by atomic mass is 10.1. The van der Waals surface area contributed by atoms with Crippen LogP contribution in [0, 0.1) is 11.3 Å². The molecule has 0 unspecified atom stereocenters. The molecule has 6 heteroatoms. The summed E-state index contributed by atoms with van der Waals surface area (Å²) in [5.74, 6) is -0.296. The van der Waals surface area contributed by atoms with E-state index in [4.69, 9.17) is 5.26 Å². The van der Waals surface area contributed by atoms with Gasteiger partial charge < -0.3 is 0 Å². The second-order valence-corrected chi connectivity index (χ2v) is 7.40. The van der Waals surface area contributed by atoms with E-state index in [1.807, 2.05) is 6.07 Å². The molecule has 0 amide bonds. The zero-order chi connectivity index (χ0) is 17.7. The fraction of sp³-hybridized carbons (Fsp3) is 0.111. The minimum absolute atomic E-state index is 0.0742. The van der Waals surface area contributed by atoms with Crippen molar-refractivity contribution in [3.8, 4) is 6.07 Å². The van der Waals surface area contributed by atoms with Gasteiger partial charge in [-0.1, -0.05) is 30.3 Å². The Morgan fingerprint density at radius 1 is 1.12 bits per heavy atom. The van der Waals surface area contributed by atoms with E-state index < -0.39 is 10.0 Å². The average Bonchev–Trinajstić information content (AvgIpc) is 2.60. The number of hydrogen-bond acceptors (Lipinski definition) is 4. The van der Waals surface area contributed by atoms with Crippen molar-refractivity contribution in [3.63, 3.8) is 0 Å². The Morgan fingerprint density at radius 2 is 1.79 bits per heavy atom. The maximum absolute atomic E-state index is 12.2. The Hall–Kier alpha value is -2.75. The van der Waals surface area contributed by atoms with Gasteiger partial charge in [0.1, 0.15) is 0 Å². The summed E-state index contributed by atoms with van der Waals surface area (Å²) >= 11 is 0. The quantitative estimate of drug-likeness (QED) is 0.619. The van der Waals surface area contributed by atoms with Gasteiger partial charge in [0.2, 0.25) is 10.0 Å². The molecule has 0 bridgehead atoms. The molecule has 2 aromatic carbocycles. The molecule has 0 atom stereocenters. The molecule has 0 aromatic heterocycles. The van der Waals surface area contributed by atoms with Crippen molar-refractivity contribution in [2.24, 2.45) is 0 Å². The molecule has 0 aliphatic carbocycles. The van der Waals surface area contributed by atoms with E-state index in [0.29, 0.717) is 11.1 Å². The van der Waals surface area contributed by atoms with E-state index in [2.05, 4.69) is 0 Å². The molecule has 0 radical (unpaired) electrons. The van der Waals surface area contributed by atoms with Gasteiger partial charge in [0.15, 0.2) is 5.78 Å². The summed E-state index contributed by atoms with van der Waals surface area (Å²) in [5, 5.41) is 8.75. The molecule has 0 N–H and O–H groups in total. The van der Waals surface area contributed by atoms with Crippen LogP contribution < -0.4 is 0 Å². The number of ketones is 1. The van der Waals surface area contributed by atoms with E-state index in [1.165, 1.54) is 32.3 Å². The topological polar surface area (TPSA) is 78.2 Å². The van der Waals surface area contributed by atoms with Crippen LogP contribution in [-0.2, 0) is 10.0 Å². The Morgan fingerprint density at radius 3 is 2.38 bits per heavy atom. The molecule has 0 saturated heterocycles. The second kappa shape index (κ2) is 7.21. The van der Waals surface area contributed by atoms with Crippen LogP contribution in [0.4, 0.5) is 0 Å². The molecule has 122 valence electrons. The highest BCUT2D eigenvalue weighted by atomic mass is 32.2. The van der Waals surface area contributed by atoms with E-state index in [1.54, 1.807) is 42.5 Å². The Bertz CT molecular complexity index is 921. The van der Waals surface area contributed by atoms with Crippen molar-refractivity contribution < 1.29 is 13.2 Å². The molecular weight excluding hydrogens is 324 g/mol. The number of hydrogen-bond donors (Lipinski definition) is 0. The van der Waals surface area contributed by atoms with Crippen molar-refractivity contribution in [2.45, 2.75) is 4.90 Å². The minimum Gasteiger partial charge on any atom is -0.289 e. The summed E-state index contributed by atoms with van der Waals surface area (Å²) < 4.78 is 25.3. The van der Waals surface area contributed by atoms with Gasteiger partial charge in [0, 0.05) is 19.7 Å². The van der Waals surface area contributed by atoms with Crippen LogP contribution in [0.5, 0.6) is 0 Å². The van der Waals surface area contributed by atoms with E-state index in [-0.39, 0.29) is 10.7 Å². The number of rotatable bonds is 5. The normalized spacial score (nSPS) is 11.6. The number of nitrogens with zero attached hydrogens (tertiary/aromatic N) is 2. The van der Waals surface area contributed by atoms with Crippen molar-refractivity contribution in [1.82, 2.24) is 4.31 Å². The first-order valence-electron chi connectivity index (χ1n) is 7.10. The molecule has 0 saturated carbocycles. The summed E-state index contributed by atoms with van der Waals surface area (Å²) in [6.07, 6.45) is 3.00. The minimum atomic E-state index is -3.58. The standard InChI is InChI=1S/C18H16N2O3S/c1-20(2)24(22,23)17-5-3-4-16(12-17)18(21)11-10-14-6-8-15(13-19)9-7-14/h3-12H,1-2H3/b11-10+. The van der Waals surface area contributed by atoms with Gasteiger partial charge in [0.25, 0.3) is 0 Å². The summed E-state index contributed by atoms with van der Waals surface area (Å²) in [6.45, 7) is 0. The van der Waals surface area contributed by atoms with Gasteiger partial charge in [-0.25, -0.2) is 12.7 Å². The van der Waals surface area contributed by atoms with Crippen LogP contribution in [-0.4, -0.2) is 32.6 Å². The molecule has 2 rings (SSSR count). The Kier molecular flexibility index (Phi) is 5.29. The fourth-order valence-corrected chi connectivity index (χ4v) is 2.91. The molecule has 0 spiro atoms. The largest absolute Gasteiger partial charge is 0.289 e. The molecule has 2 aromatic rings. The first-order valence-corrected chi connectivity index (χ1v) is 8.54.